The van der Waals surface area contributed by atoms with E-state index in [4.69, 9.17) is 16.0 Å². The molecule has 2 amide bonds. The van der Waals surface area contributed by atoms with Gasteiger partial charge in [0.1, 0.15) is 5.76 Å². The van der Waals surface area contributed by atoms with E-state index in [0.717, 1.165) is 34.2 Å². The number of fused-ring (bicyclic) bond motifs is 8. The number of hydrogen-bond acceptors (Lipinski definition) is 6. The van der Waals surface area contributed by atoms with Crippen LogP contribution in [0, 0.1) is 5.41 Å². The minimum Gasteiger partial charge on any atom is -0.453 e. The van der Waals surface area contributed by atoms with Crippen molar-refractivity contribution in [2.75, 3.05) is 18.4 Å². The van der Waals surface area contributed by atoms with Gasteiger partial charge < -0.3 is 24.8 Å². The first kappa shape index (κ1) is 42.4. The summed E-state index contributed by atoms with van der Waals surface area (Å²) in [6, 6.07) is 24.3. The molecule has 0 radical (unpaired) electrons. The Morgan fingerprint density at radius 2 is 1.80 bits per heavy atom. The quantitative estimate of drug-likeness (QED) is 0.101. The van der Waals surface area contributed by atoms with Gasteiger partial charge in [-0.3, -0.25) is 4.79 Å². The van der Waals surface area contributed by atoms with Crippen LogP contribution in [-0.2, 0) is 19.0 Å². The summed E-state index contributed by atoms with van der Waals surface area (Å²) in [6.45, 7) is 4.53. The molecule has 3 N–H and O–H groups in total. The fourth-order valence-corrected chi connectivity index (χ4v) is 9.73. The summed E-state index contributed by atoms with van der Waals surface area (Å²) in [5.74, 6) is -0.894. The number of rotatable bonds is 9. The Labute approximate surface area is 351 Å². The Bertz CT molecular complexity index is 2310. The van der Waals surface area contributed by atoms with Gasteiger partial charge in [-0.15, -0.1) is 11.3 Å². The summed E-state index contributed by atoms with van der Waals surface area (Å²) in [5.41, 5.74) is 0.442. The van der Waals surface area contributed by atoms with Crippen molar-refractivity contribution in [3.63, 3.8) is 0 Å². The number of thiophene rings is 1. The number of furan rings is 1. The Hall–Kier alpha value is -4.68. The van der Waals surface area contributed by atoms with Gasteiger partial charge in [0.2, 0.25) is 5.78 Å². The Kier molecular flexibility index (Phi) is 12.6. The number of aliphatic hydroxyl groups excluding tert-OH is 1. The summed E-state index contributed by atoms with van der Waals surface area (Å²) in [7, 11) is 0. The molecule has 4 unspecified atom stereocenters. The second-order valence-corrected chi connectivity index (χ2v) is 17.6. The average molecular weight is 845 g/mol. The molecule has 2 aromatic heterocycles. The summed E-state index contributed by atoms with van der Waals surface area (Å²) >= 11 is 7.96. The second-order valence-electron chi connectivity index (χ2n) is 16.2. The highest BCUT2D eigenvalue weighted by Crippen LogP contribution is 2.59. The normalized spacial score (nSPS) is 22.3. The summed E-state index contributed by atoms with van der Waals surface area (Å²) in [4.78, 5) is 31.5. The van der Waals surface area contributed by atoms with Crippen molar-refractivity contribution >= 4 is 40.4 Å². The number of hydrogen-bond donors (Lipinski definition) is 3. The maximum Gasteiger partial charge on any atom is 0.416 e. The molecule has 8 rings (SSSR count). The van der Waals surface area contributed by atoms with Gasteiger partial charge in [0.25, 0.3) is 0 Å². The molecule has 2 bridgehead atoms. The molecule has 5 aromatic rings. The lowest BCUT2D eigenvalue weighted by Crippen LogP contribution is -2.54. The van der Waals surface area contributed by atoms with Crippen molar-refractivity contribution in [3.8, 4) is 11.3 Å². The number of ketones is 1. The van der Waals surface area contributed by atoms with Crippen LogP contribution in [0.4, 0.5) is 23.7 Å². The number of halogens is 4. The molecular formula is C47H48ClF3N2O5S. The monoisotopic (exact) mass is 844 g/mol. The van der Waals surface area contributed by atoms with E-state index in [1.807, 2.05) is 66.9 Å². The van der Waals surface area contributed by atoms with Crippen LogP contribution in [-0.4, -0.2) is 51.7 Å². The number of allylic oxidation sites excluding steroid dienone is 2. The number of benzene rings is 3. The third kappa shape index (κ3) is 9.39. The molecule has 7 nitrogen and oxygen atoms in total. The highest BCUT2D eigenvalue weighted by molar-refractivity contribution is 7.09. The lowest BCUT2D eigenvalue weighted by molar-refractivity contribution is -0.137. The molecule has 0 spiro atoms. The van der Waals surface area contributed by atoms with E-state index in [9.17, 15) is 33.0 Å². The van der Waals surface area contributed by atoms with Gasteiger partial charge in [0.15, 0.2) is 5.76 Å². The summed E-state index contributed by atoms with van der Waals surface area (Å²) in [6.07, 6.45) is 1.06. The Morgan fingerprint density at radius 1 is 1.00 bits per heavy atom. The van der Waals surface area contributed by atoms with Crippen LogP contribution >= 0.6 is 22.9 Å². The minimum atomic E-state index is -4.61. The summed E-state index contributed by atoms with van der Waals surface area (Å²) < 4.78 is 46.9. The number of nitrogens with one attached hydrogen (secondary N) is 1. The SMILES string of the molecule is CC1=CCCC2(C)C(CCC2(O)CN(CCc2cccs2)C(=O)Nc2ccccc2)c2ccc(cc2C(=O)c2ccc(-c3cc(C(F)(F)F)ccc3Cl)o2)CC(O)CC1. The number of alkyl halides is 3. The van der Waals surface area contributed by atoms with Crippen molar-refractivity contribution in [3.05, 3.63) is 146 Å². The number of carbonyl (C=O) groups is 2. The number of anilines is 1. The number of aliphatic hydroxyl groups is 2. The summed E-state index contributed by atoms with van der Waals surface area (Å²) in [5, 5.41) is 29.2. The van der Waals surface area contributed by atoms with Crippen molar-refractivity contribution in [2.24, 2.45) is 5.41 Å². The van der Waals surface area contributed by atoms with Crippen LogP contribution in [0.25, 0.3) is 11.3 Å². The predicted octanol–water partition coefficient (Wildman–Crippen LogP) is 11.7. The first-order valence-corrected chi connectivity index (χ1v) is 21.2. The minimum absolute atomic E-state index is 0.00353. The van der Waals surface area contributed by atoms with Crippen LogP contribution in [0.3, 0.4) is 0 Å². The molecule has 4 atom stereocenters. The van der Waals surface area contributed by atoms with E-state index in [-0.39, 0.29) is 40.6 Å². The topological polar surface area (TPSA) is 103 Å². The zero-order chi connectivity index (χ0) is 42.0. The molecule has 0 saturated heterocycles. The van der Waals surface area contributed by atoms with Crippen LogP contribution in [0.2, 0.25) is 5.02 Å². The Morgan fingerprint density at radius 3 is 2.54 bits per heavy atom. The van der Waals surface area contributed by atoms with Crippen LogP contribution in [0.1, 0.15) is 96.0 Å². The van der Waals surface area contributed by atoms with E-state index in [0.29, 0.717) is 74.7 Å². The fourth-order valence-electron chi connectivity index (χ4n) is 8.82. The van der Waals surface area contributed by atoms with Crippen LogP contribution < -0.4 is 5.32 Å². The number of urea groups is 1. The van der Waals surface area contributed by atoms with E-state index >= 15 is 0 Å². The van der Waals surface area contributed by atoms with Gasteiger partial charge >= 0.3 is 12.2 Å². The fraction of sp³-hybridized carbons (Fsp3) is 0.362. The molecule has 59 heavy (non-hydrogen) atoms. The van der Waals surface area contributed by atoms with E-state index in [2.05, 4.69) is 18.3 Å². The highest BCUT2D eigenvalue weighted by Gasteiger charge is 2.57. The largest absolute Gasteiger partial charge is 0.453 e. The smallest absolute Gasteiger partial charge is 0.416 e. The van der Waals surface area contributed by atoms with Crippen molar-refractivity contribution < 1.29 is 37.4 Å². The molecular weight excluding hydrogens is 797 g/mol. The van der Waals surface area contributed by atoms with Gasteiger partial charge in [-0.1, -0.05) is 66.6 Å². The number of amides is 2. The van der Waals surface area contributed by atoms with E-state index < -0.39 is 34.6 Å². The van der Waals surface area contributed by atoms with Gasteiger partial charge in [-0.2, -0.15) is 13.2 Å². The van der Waals surface area contributed by atoms with Gasteiger partial charge in [0.05, 0.1) is 28.8 Å². The number of para-hydroxylation sites is 1. The van der Waals surface area contributed by atoms with E-state index in [1.54, 1.807) is 22.3 Å². The standard InChI is InChI=1S/C47H48ClF3N2O5S/c1-30-8-6-22-45(2)39(20-23-46(45,57)29-53(24-21-35-11-7-25-59-35)44(56)52-33-9-4-3-5-10-33)36-16-13-31(26-34(54)15-12-30)27-37(36)43(55)42-19-18-41(58-42)38-28-32(47(49,50)51)14-17-40(38)48/h3-5,7-11,13-14,16-19,25,27-28,34,39,54,57H,6,12,15,20-24,26,29H2,1-2H3,(H,52,56). The zero-order valence-electron chi connectivity index (χ0n) is 33.0. The average Bonchev–Trinajstić information content (AvgIpc) is 3.96. The molecule has 1 fully saturated rings. The number of carbonyl (C=O) groups excluding carboxylic acids is 2. The molecule has 2 heterocycles. The van der Waals surface area contributed by atoms with Gasteiger partial charge in [-0.05, 0) is 135 Å². The second kappa shape index (κ2) is 17.5. The van der Waals surface area contributed by atoms with Gasteiger partial charge in [0, 0.05) is 33.7 Å². The highest BCUT2D eigenvalue weighted by atomic mass is 35.5. The van der Waals surface area contributed by atoms with Crippen molar-refractivity contribution in [1.29, 1.82) is 0 Å². The first-order chi connectivity index (χ1) is 28.1. The van der Waals surface area contributed by atoms with Crippen LogP contribution in [0.5, 0.6) is 0 Å². The molecule has 310 valence electrons. The van der Waals surface area contributed by atoms with Crippen molar-refractivity contribution in [1.82, 2.24) is 4.90 Å². The van der Waals surface area contributed by atoms with Crippen LogP contribution in [0.15, 0.2) is 112 Å². The maximum absolute atomic E-state index is 14.7. The predicted molar refractivity (Wildman–Crippen MR) is 226 cm³/mol. The Balaban J connectivity index is 1.27. The third-order valence-corrected chi connectivity index (χ3v) is 13.5. The molecule has 3 aliphatic carbocycles. The molecule has 3 aliphatic rings. The first-order valence-electron chi connectivity index (χ1n) is 20.0. The molecule has 12 heteroatoms. The molecule has 0 aliphatic heterocycles. The lowest BCUT2D eigenvalue weighted by atomic mass is 9.64. The zero-order valence-corrected chi connectivity index (χ0v) is 34.6. The maximum atomic E-state index is 14.7. The lowest BCUT2D eigenvalue weighted by Gasteiger charge is -2.46. The number of nitrogens with zero attached hydrogens (tertiary/aromatic N) is 1. The van der Waals surface area contributed by atoms with Crippen molar-refractivity contribution in [2.45, 2.75) is 89.0 Å². The molecule has 1 saturated carbocycles. The molecule has 3 aromatic carbocycles. The third-order valence-electron chi connectivity index (χ3n) is 12.3. The van der Waals surface area contributed by atoms with Gasteiger partial charge in [-0.25, -0.2) is 4.79 Å². The van der Waals surface area contributed by atoms with E-state index in [1.165, 1.54) is 12.1 Å².